The van der Waals surface area contributed by atoms with Gasteiger partial charge in [0.25, 0.3) is 5.91 Å². The number of likely N-dealkylation sites (N-methyl/N-ethyl adjacent to an activating group) is 7. The molecule has 0 radical (unpaired) electrons. The van der Waals surface area contributed by atoms with Crippen molar-refractivity contribution in [2.75, 3.05) is 56.4 Å². The van der Waals surface area contributed by atoms with Gasteiger partial charge >= 0.3 is 0 Å². The molecule has 24 heteroatoms. The summed E-state index contributed by atoms with van der Waals surface area (Å²) < 4.78 is 5.71. The summed E-state index contributed by atoms with van der Waals surface area (Å²) in [7, 11) is 11.0. The van der Waals surface area contributed by atoms with Crippen LogP contribution in [0.4, 0.5) is 0 Å². The average molecular weight is 1240 g/mol. The van der Waals surface area contributed by atoms with Crippen molar-refractivity contribution >= 4 is 65.0 Å². The van der Waals surface area contributed by atoms with E-state index in [0.29, 0.717) is 5.57 Å². The third-order valence-corrected chi connectivity index (χ3v) is 16.5. The third kappa shape index (κ3) is 21.2. The summed E-state index contributed by atoms with van der Waals surface area (Å²) in [6.07, 6.45) is 3.91. The first-order chi connectivity index (χ1) is 40.5. The number of nitrogens with one attached hydrogen (secondary N) is 4. The highest BCUT2D eigenvalue weighted by atomic mass is 16.5. The van der Waals surface area contributed by atoms with Crippen LogP contribution in [-0.4, -0.2) is 233 Å². The molecule has 0 unspecified atom stereocenters. The first-order valence-electron chi connectivity index (χ1n) is 30.8. The van der Waals surface area contributed by atoms with Gasteiger partial charge in [0.1, 0.15) is 66.1 Å². The lowest BCUT2D eigenvalue weighted by Gasteiger charge is -2.41. The second kappa shape index (κ2) is 34.9. The van der Waals surface area contributed by atoms with E-state index in [-0.39, 0.29) is 43.9 Å². The molecule has 500 valence electrons. The van der Waals surface area contributed by atoms with Crippen molar-refractivity contribution in [3.05, 3.63) is 36.1 Å². The molecule has 0 bridgehead atoms. The summed E-state index contributed by atoms with van der Waals surface area (Å²) >= 11 is 0. The van der Waals surface area contributed by atoms with Gasteiger partial charge in [-0.05, 0) is 104 Å². The van der Waals surface area contributed by atoms with E-state index in [1.807, 2.05) is 27.7 Å². The number of allylic oxidation sites excluding steroid dienone is 3. The molecular weight excluding hydrogens is 1130 g/mol. The zero-order valence-electron chi connectivity index (χ0n) is 57.7. The van der Waals surface area contributed by atoms with Crippen molar-refractivity contribution in [3.8, 4) is 0 Å². The number of hydrogen-bond acceptors (Lipinski definition) is 13. The fourth-order valence-corrected chi connectivity index (χ4v) is 10.5. The molecule has 0 aliphatic carbocycles. The number of amides is 11. The lowest BCUT2D eigenvalue weighted by Crippen LogP contribution is -2.63. The number of ether oxygens (including phenoxy) is 1. The maximum atomic E-state index is 15.2. The second-order valence-electron chi connectivity index (χ2n) is 26.2. The smallest absolute Gasteiger partial charge is 0.270 e. The molecule has 1 rings (SSSR count). The number of nitrogens with zero attached hydrogens (tertiary/aromatic N) is 7. The van der Waals surface area contributed by atoms with E-state index in [1.54, 1.807) is 94.4 Å². The Morgan fingerprint density at radius 2 is 1.09 bits per heavy atom. The minimum atomic E-state index is -1.66. The van der Waals surface area contributed by atoms with Crippen LogP contribution in [-0.2, 0) is 57.5 Å². The summed E-state index contributed by atoms with van der Waals surface area (Å²) in [6, 6.07) is -13.2. The van der Waals surface area contributed by atoms with Gasteiger partial charge in [0.05, 0.1) is 11.7 Å². The Bertz CT molecular complexity index is 2540. The Labute approximate surface area is 525 Å². The van der Waals surface area contributed by atoms with E-state index in [4.69, 9.17) is 4.74 Å². The molecule has 24 nitrogen and oxygen atoms in total. The standard InChI is InChI=1S/C64H111N11O13/c1-27-29-30-40(13)52(76)51-56(80)67-44(28-2)59(83)69(19)43(16)58(82)73(23)48(34-64(17,18)88-26)55(79)68-49(38(9)10)62(86)70(20)45(31-35(3)4)54(78)65-41(14)53(77)66-42(15)57(81)71(21)46(32-36(5)6)60(84)72(22)47(33-37(7)8)61(85)74(24)50(39(11)12)63(87)75(51)25/h27,29,32,35,37-42,44-52,76H,16,28,30-31,33-34H2,1-15,17-26H3,(H,65,78)(H,66,77)(H,67,80)(H,68,79)/b29-27+/t40-,41-,42+,44+,45-,46+,47+,48+,49-,50+,51+,52-/m1/s1. The summed E-state index contributed by atoms with van der Waals surface area (Å²) in [6.45, 7) is 32.9. The van der Waals surface area contributed by atoms with Gasteiger partial charge in [-0.15, -0.1) is 0 Å². The topological polar surface area (TPSA) is 288 Å². The lowest BCUT2D eigenvalue weighted by molar-refractivity contribution is -0.157. The lowest BCUT2D eigenvalue weighted by atomic mass is 9.91. The van der Waals surface area contributed by atoms with Gasteiger partial charge in [0, 0.05) is 62.9 Å². The molecule has 88 heavy (non-hydrogen) atoms. The molecule has 0 saturated carbocycles. The van der Waals surface area contributed by atoms with Crippen LogP contribution in [0.15, 0.2) is 36.1 Å². The summed E-state index contributed by atoms with van der Waals surface area (Å²) in [5.74, 6) is -10.5. The average Bonchev–Trinajstić information content (AvgIpc) is 3.24. The predicted molar refractivity (Wildman–Crippen MR) is 339 cm³/mol. The van der Waals surface area contributed by atoms with Crippen LogP contribution in [0, 0.1) is 29.6 Å². The van der Waals surface area contributed by atoms with E-state index in [2.05, 4.69) is 27.8 Å². The summed E-state index contributed by atoms with van der Waals surface area (Å²) in [5, 5.41) is 23.0. The molecule has 0 aromatic heterocycles. The maximum Gasteiger partial charge on any atom is 0.270 e. The first kappa shape index (κ1) is 79.3. The van der Waals surface area contributed by atoms with Crippen molar-refractivity contribution in [3.63, 3.8) is 0 Å². The van der Waals surface area contributed by atoms with Gasteiger partial charge in [-0.25, -0.2) is 0 Å². The van der Waals surface area contributed by atoms with Crippen LogP contribution in [0.3, 0.4) is 0 Å². The maximum absolute atomic E-state index is 15.2. The molecule has 0 aromatic carbocycles. The zero-order chi connectivity index (χ0) is 68.5. The number of aliphatic hydroxyl groups is 1. The fraction of sp³-hybridized carbons (Fsp3) is 0.734. The number of aliphatic hydroxyl groups excluding tert-OH is 1. The number of hydrogen-bond donors (Lipinski definition) is 5. The quantitative estimate of drug-likeness (QED) is 0.116. The molecule has 12 atom stereocenters. The van der Waals surface area contributed by atoms with E-state index < -0.39 is 161 Å². The molecular formula is C64H111N11O13. The fourth-order valence-electron chi connectivity index (χ4n) is 10.5. The predicted octanol–water partition coefficient (Wildman–Crippen LogP) is 3.47. The van der Waals surface area contributed by atoms with E-state index in [0.717, 1.165) is 19.6 Å². The molecule has 1 aliphatic heterocycles. The van der Waals surface area contributed by atoms with Crippen LogP contribution < -0.4 is 21.3 Å². The van der Waals surface area contributed by atoms with Crippen molar-refractivity contribution in [2.45, 2.75) is 222 Å². The number of methoxy groups -OCH3 is 1. The highest BCUT2D eigenvalue weighted by Crippen LogP contribution is 2.26. The highest BCUT2D eigenvalue weighted by molar-refractivity contribution is 6.02. The van der Waals surface area contributed by atoms with Crippen LogP contribution in [0.2, 0.25) is 0 Å². The van der Waals surface area contributed by atoms with Crippen molar-refractivity contribution < 1.29 is 62.6 Å². The molecule has 5 N–H and O–H groups in total. The number of rotatable bonds is 15. The minimum absolute atomic E-state index is 0.0482. The van der Waals surface area contributed by atoms with Gasteiger partial charge in [-0.2, -0.15) is 0 Å². The van der Waals surface area contributed by atoms with Gasteiger partial charge in [0.15, 0.2) is 0 Å². The summed E-state index contributed by atoms with van der Waals surface area (Å²) in [4.78, 5) is 169. The van der Waals surface area contributed by atoms with Crippen molar-refractivity contribution in [1.82, 2.24) is 55.6 Å². The Hall–Kier alpha value is -6.69. The molecule has 11 amide bonds. The van der Waals surface area contributed by atoms with Gasteiger partial charge in [0.2, 0.25) is 59.1 Å². The Balaban J connectivity index is 4.44. The SMILES string of the molecule is C=C1C(=O)N(C)[C@@H](CC(C)(C)OC)C(=O)N[C@H](C(C)C)C(=O)N(C)[C@H](CC(C)C)C(=O)N[C@H](C)C(=O)N[C@@H](C)C(=O)N(C)[C@@H](C=C(C)C)C(=O)N(C)[C@@H](CC(C)C)C(=O)N(C)[C@@H](C(C)C)C(=O)N(C)[C@@H]([C@H](O)[C@H](C)C/C=C/C)C(=O)N[C@@H](CC)C(=O)N1C. The molecule has 1 saturated heterocycles. The van der Waals surface area contributed by atoms with Crippen molar-refractivity contribution in [2.24, 2.45) is 29.6 Å². The third-order valence-electron chi connectivity index (χ3n) is 16.5. The summed E-state index contributed by atoms with van der Waals surface area (Å²) in [5.41, 5.74) is -0.815. The van der Waals surface area contributed by atoms with Gasteiger partial charge in [-0.3, -0.25) is 52.7 Å². The van der Waals surface area contributed by atoms with Crippen LogP contribution in [0.1, 0.15) is 150 Å². The Morgan fingerprint density at radius 3 is 1.57 bits per heavy atom. The Morgan fingerprint density at radius 1 is 0.591 bits per heavy atom. The van der Waals surface area contributed by atoms with E-state index in [9.17, 15) is 48.3 Å². The van der Waals surface area contributed by atoms with Crippen LogP contribution in [0.5, 0.6) is 0 Å². The molecule has 1 fully saturated rings. The van der Waals surface area contributed by atoms with Crippen molar-refractivity contribution in [1.29, 1.82) is 0 Å². The van der Waals surface area contributed by atoms with Gasteiger partial charge in [-0.1, -0.05) is 99.6 Å². The zero-order valence-corrected chi connectivity index (χ0v) is 57.7. The molecule has 1 aliphatic rings. The number of carbonyl (C=O) groups excluding carboxylic acids is 11. The van der Waals surface area contributed by atoms with Gasteiger partial charge < -0.3 is 65.4 Å². The molecule has 1 heterocycles. The molecule has 0 aromatic rings. The van der Waals surface area contributed by atoms with E-state index >= 15 is 9.59 Å². The first-order valence-corrected chi connectivity index (χ1v) is 30.8. The van der Waals surface area contributed by atoms with E-state index in [1.165, 1.54) is 85.0 Å². The molecule has 0 spiro atoms. The second-order valence-corrected chi connectivity index (χ2v) is 26.2. The largest absolute Gasteiger partial charge is 0.390 e. The minimum Gasteiger partial charge on any atom is -0.390 e. The normalized spacial score (nSPS) is 26.4. The Kier molecular flexibility index (Phi) is 31.5. The monoisotopic (exact) mass is 1240 g/mol. The number of carbonyl (C=O) groups is 11. The van der Waals surface area contributed by atoms with Crippen LogP contribution >= 0.6 is 0 Å². The van der Waals surface area contributed by atoms with Crippen LogP contribution in [0.25, 0.3) is 0 Å². The highest BCUT2D eigenvalue weighted by Gasteiger charge is 2.46.